The fourth-order valence-electron chi connectivity index (χ4n) is 3.22. The zero-order chi connectivity index (χ0) is 20.2. The Morgan fingerprint density at radius 3 is 2.66 bits per heavy atom. The number of benzene rings is 1. The lowest BCUT2D eigenvalue weighted by Crippen LogP contribution is -2.41. The van der Waals surface area contributed by atoms with Crippen LogP contribution in [0.1, 0.15) is 25.8 Å². The van der Waals surface area contributed by atoms with Crippen LogP contribution in [0.3, 0.4) is 0 Å². The van der Waals surface area contributed by atoms with Crippen LogP contribution in [0.5, 0.6) is 5.75 Å². The molecule has 29 heavy (non-hydrogen) atoms. The lowest BCUT2D eigenvalue weighted by molar-refractivity contribution is 0.0536. The Kier molecular flexibility index (Phi) is 13.3. The zero-order valence-electron chi connectivity index (χ0n) is 18.4. The van der Waals surface area contributed by atoms with Crippen LogP contribution in [0.15, 0.2) is 29.3 Å². The largest absolute Gasteiger partial charge is 0.493 e. The highest BCUT2D eigenvalue weighted by atomic mass is 127. The van der Waals surface area contributed by atoms with Crippen LogP contribution in [0.25, 0.3) is 0 Å². The van der Waals surface area contributed by atoms with Crippen molar-refractivity contribution in [2.45, 2.75) is 26.7 Å². The molecule has 1 aliphatic rings. The molecule has 7 heteroatoms. The van der Waals surface area contributed by atoms with Gasteiger partial charge in [-0.05, 0) is 36.5 Å². The quantitative estimate of drug-likeness (QED) is 0.210. The average molecular weight is 519 g/mol. The van der Waals surface area contributed by atoms with Crippen LogP contribution >= 0.6 is 24.0 Å². The van der Waals surface area contributed by atoms with Crippen molar-refractivity contribution >= 4 is 29.9 Å². The van der Waals surface area contributed by atoms with E-state index in [0.29, 0.717) is 25.0 Å². The molecule has 1 unspecified atom stereocenters. The van der Waals surface area contributed by atoms with Gasteiger partial charge in [0.05, 0.1) is 26.4 Å². The van der Waals surface area contributed by atoms with E-state index in [2.05, 4.69) is 53.3 Å². The van der Waals surface area contributed by atoms with Gasteiger partial charge in [0.25, 0.3) is 0 Å². The number of aliphatic imine (C=N–C) groups is 1. The normalized spacial score (nSPS) is 16.8. The Labute approximate surface area is 193 Å². The summed E-state index contributed by atoms with van der Waals surface area (Å²) in [6.45, 7) is 10.1. The lowest BCUT2D eigenvalue weighted by Gasteiger charge is -2.21. The Bertz CT molecular complexity index is 581. The summed E-state index contributed by atoms with van der Waals surface area (Å²) < 4.78 is 16.4. The van der Waals surface area contributed by atoms with Gasteiger partial charge in [-0.2, -0.15) is 0 Å². The third-order valence-corrected chi connectivity index (χ3v) is 4.79. The number of ether oxygens (including phenoxy) is 3. The maximum Gasteiger partial charge on any atom is 0.193 e. The highest BCUT2D eigenvalue weighted by Crippen LogP contribution is 2.17. The first-order valence-electron chi connectivity index (χ1n) is 10.4. The number of guanidine groups is 1. The molecule has 1 N–H and O–H groups in total. The lowest BCUT2D eigenvalue weighted by atomic mass is 10.1. The van der Waals surface area contributed by atoms with Crippen LogP contribution in [0, 0.1) is 11.8 Å². The van der Waals surface area contributed by atoms with E-state index in [9.17, 15) is 0 Å². The van der Waals surface area contributed by atoms with Crippen LogP contribution in [-0.2, 0) is 15.9 Å². The zero-order valence-corrected chi connectivity index (χ0v) is 20.7. The van der Waals surface area contributed by atoms with Gasteiger partial charge >= 0.3 is 0 Å². The van der Waals surface area contributed by atoms with Gasteiger partial charge in [0.15, 0.2) is 5.96 Å². The number of likely N-dealkylation sites (tertiary alicyclic amines) is 1. The first-order valence-corrected chi connectivity index (χ1v) is 10.4. The number of hydrogen-bond acceptors (Lipinski definition) is 4. The first-order chi connectivity index (χ1) is 13.6. The Morgan fingerprint density at radius 1 is 1.24 bits per heavy atom. The predicted molar refractivity (Wildman–Crippen MR) is 130 cm³/mol. The molecule has 0 aromatic heterocycles. The number of methoxy groups -OCH3 is 1. The highest BCUT2D eigenvalue weighted by molar-refractivity contribution is 14.0. The number of nitrogens with one attached hydrogen (secondary N) is 1. The predicted octanol–water partition coefficient (Wildman–Crippen LogP) is 3.44. The fourth-order valence-corrected chi connectivity index (χ4v) is 3.22. The Balaban J connectivity index is 0.00000420. The van der Waals surface area contributed by atoms with Gasteiger partial charge in [0.2, 0.25) is 0 Å². The van der Waals surface area contributed by atoms with Crippen molar-refractivity contribution in [2.24, 2.45) is 16.8 Å². The van der Waals surface area contributed by atoms with E-state index in [-0.39, 0.29) is 24.0 Å². The van der Waals surface area contributed by atoms with Gasteiger partial charge in [0, 0.05) is 39.7 Å². The summed E-state index contributed by atoms with van der Waals surface area (Å²) in [4.78, 5) is 6.78. The van der Waals surface area contributed by atoms with Crippen molar-refractivity contribution in [3.05, 3.63) is 29.8 Å². The topological polar surface area (TPSA) is 55.3 Å². The first kappa shape index (κ1) is 26.0. The monoisotopic (exact) mass is 519 g/mol. The van der Waals surface area contributed by atoms with E-state index >= 15 is 0 Å². The van der Waals surface area contributed by atoms with Gasteiger partial charge in [-0.15, -0.1) is 24.0 Å². The smallest absolute Gasteiger partial charge is 0.193 e. The molecule has 2 rings (SSSR count). The Hall–Kier alpha value is -1.06. The van der Waals surface area contributed by atoms with Gasteiger partial charge < -0.3 is 24.4 Å². The summed E-state index contributed by atoms with van der Waals surface area (Å²) >= 11 is 0. The van der Waals surface area contributed by atoms with Crippen LogP contribution in [0.4, 0.5) is 0 Å². The standard InChI is InChI=1S/C22H37N3O3.HI/c1-18(2)16-28-21-7-5-19(6-8-21)9-11-24-22(23-3)25-12-10-20(15-25)17-27-14-13-26-4;/h5-8,18,20H,9-17H2,1-4H3,(H,23,24);1H. The molecule has 1 aliphatic heterocycles. The highest BCUT2D eigenvalue weighted by Gasteiger charge is 2.24. The SMILES string of the molecule is CN=C(NCCc1ccc(OCC(C)C)cc1)N1CCC(COCCOC)C1.I. The molecule has 1 atom stereocenters. The molecular weight excluding hydrogens is 481 g/mol. The van der Waals surface area contributed by atoms with Crippen LogP contribution in [-0.4, -0.2) is 71.1 Å². The van der Waals surface area contributed by atoms with E-state index in [0.717, 1.165) is 57.4 Å². The molecule has 0 aliphatic carbocycles. The number of nitrogens with zero attached hydrogens (tertiary/aromatic N) is 2. The van der Waals surface area contributed by atoms with Crippen LogP contribution < -0.4 is 10.1 Å². The Morgan fingerprint density at radius 2 is 2.00 bits per heavy atom. The molecule has 0 radical (unpaired) electrons. The van der Waals surface area contributed by atoms with E-state index in [4.69, 9.17) is 14.2 Å². The number of hydrogen-bond donors (Lipinski definition) is 1. The fraction of sp³-hybridized carbons (Fsp3) is 0.682. The van der Waals surface area contributed by atoms with Crippen LogP contribution in [0.2, 0.25) is 0 Å². The molecule has 1 fully saturated rings. The summed E-state index contributed by atoms with van der Waals surface area (Å²) in [7, 11) is 3.55. The van der Waals surface area contributed by atoms with E-state index in [1.165, 1.54) is 5.56 Å². The minimum absolute atomic E-state index is 0. The molecule has 1 saturated heterocycles. The van der Waals surface area contributed by atoms with Crippen molar-refractivity contribution in [1.82, 2.24) is 10.2 Å². The average Bonchev–Trinajstić information content (AvgIpc) is 3.16. The molecule has 6 nitrogen and oxygen atoms in total. The third kappa shape index (κ3) is 10.00. The summed E-state index contributed by atoms with van der Waals surface area (Å²) in [6, 6.07) is 8.40. The van der Waals surface area contributed by atoms with Gasteiger partial charge in [-0.1, -0.05) is 26.0 Å². The molecule has 1 aromatic carbocycles. The molecule has 0 saturated carbocycles. The van der Waals surface area contributed by atoms with Gasteiger partial charge in [-0.3, -0.25) is 4.99 Å². The second-order valence-electron chi connectivity index (χ2n) is 7.74. The van der Waals surface area contributed by atoms with Crippen molar-refractivity contribution < 1.29 is 14.2 Å². The summed E-state index contributed by atoms with van der Waals surface area (Å²) in [5.74, 6) is 3.03. The van der Waals surface area contributed by atoms with Crippen molar-refractivity contribution in [1.29, 1.82) is 0 Å². The van der Waals surface area contributed by atoms with Crippen molar-refractivity contribution in [3.63, 3.8) is 0 Å². The van der Waals surface area contributed by atoms with Gasteiger partial charge in [0.1, 0.15) is 5.75 Å². The number of halogens is 1. The second kappa shape index (κ2) is 14.8. The minimum Gasteiger partial charge on any atom is -0.493 e. The number of rotatable bonds is 11. The molecule has 1 heterocycles. The van der Waals surface area contributed by atoms with Crippen molar-refractivity contribution in [2.75, 3.05) is 60.2 Å². The van der Waals surface area contributed by atoms with Gasteiger partial charge in [-0.25, -0.2) is 0 Å². The van der Waals surface area contributed by atoms with Crippen molar-refractivity contribution in [3.8, 4) is 5.75 Å². The maximum atomic E-state index is 5.74. The second-order valence-corrected chi connectivity index (χ2v) is 7.74. The summed E-state index contributed by atoms with van der Waals surface area (Å²) in [5.41, 5.74) is 1.30. The maximum absolute atomic E-state index is 5.74. The molecule has 0 spiro atoms. The van der Waals surface area contributed by atoms with E-state index in [1.807, 2.05) is 7.05 Å². The third-order valence-electron chi connectivity index (χ3n) is 4.79. The van der Waals surface area contributed by atoms with E-state index in [1.54, 1.807) is 7.11 Å². The molecule has 1 aromatic rings. The molecule has 166 valence electrons. The minimum atomic E-state index is 0. The van der Waals surface area contributed by atoms with E-state index < -0.39 is 0 Å². The molecule has 0 bridgehead atoms. The summed E-state index contributed by atoms with van der Waals surface area (Å²) in [6.07, 6.45) is 2.10. The summed E-state index contributed by atoms with van der Waals surface area (Å²) in [5, 5.41) is 3.50. The molecular formula is C22H38IN3O3. The molecule has 0 amide bonds.